The van der Waals surface area contributed by atoms with Gasteiger partial charge in [0, 0.05) is 55.8 Å². The molecule has 1 fully saturated rings. The van der Waals surface area contributed by atoms with Gasteiger partial charge in [0.1, 0.15) is 0 Å². The summed E-state index contributed by atoms with van der Waals surface area (Å²) in [4.78, 5) is 39.3. The molecule has 30 heavy (non-hydrogen) atoms. The minimum atomic E-state index is -0.463. The van der Waals surface area contributed by atoms with Crippen LogP contribution in [0.1, 0.15) is 22.3 Å². The average molecular weight is 431 g/mol. The molecule has 3 rings (SSSR count). The van der Waals surface area contributed by atoms with Crippen LogP contribution in [0.4, 0.5) is 11.4 Å². The summed E-state index contributed by atoms with van der Waals surface area (Å²) in [5.74, 6) is -0.243. The second-order valence-corrected chi connectivity index (χ2v) is 7.59. The number of nitro groups is 1. The standard InChI is InChI=1S/C21H23ClN4O4/c1-15-18(6-3-7-19(15)26(29)30)23-20(27)8-9-24-10-12-25(13-11-24)21(28)16-4-2-5-17(22)14-16/h2-7,14H,8-13H2,1H3,(H,23,27). The molecule has 0 atom stereocenters. The van der Waals surface area contributed by atoms with Gasteiger partial charge >= 0.3 is 0 Å². The Morgan fingerprint density at radius 2 is 1.83 bits per heavy atom. The molecule has 0 radical (unpaired) electrons. The third kappa shape index (κ3) is 5.34. The zero-order chi connectivity index (χ0) is 21.7. The zero-order valence-corrected chi connectivity index (χ0v) is 17.4. The van der Waals surface area contributed by atoms with E-state index in [1.807, 2.05) is 0 Å². The molecule has 1 saturated heterocycles. The third-order valence-corrected chi connectivity index (χ3v) is 5.40. The molecule has 2 amide bonds. The molecule has 2 aromatic carbocycles. The molecule has 1 N–H and O–H groups in total. The van der Waals surface area contributed by atoms with Crippen molar-refractivity contribution in [3.8, 4) is 0 Å². The summed E-state index contributed by atoms with van der Waals surface area (Å²) in [6, 6.07) is 11.5. The molecule has 9 heteroatoms. The summed E-state index contributed by atoms with van der Waals surface area (Å²) in [5.41, 5.74) is 1.44. The van der Waals surface area contributed by atoms with Crippen LogP contribution in [0, 0.1) is 17.0 Å². The number of rotatable bonds is 6. The average Bonchev–Trinajstić information content (AvgIpc) is 2.73. The molecule has 0 unspecified atom stereocenters. The second kappa shape index (κ2) is 9.69. The first-order valence-electron chi connectivity index (χ1n) is 9.66. The van der Waals surface area contributed by atoms with E-state index in [1.165, 1.54) is 6.07 Å². The van der Waals surface area contributed by atoms with Crippen LogP contribution in [0.2, 0.25) is 5.02 Å². The van der Waals surface area contributed by atoms with Crippen molar-refractivity contribution in [2.24, 2.45) is 0 Å². The zero-order valence-electron chi connectivity index (χ0n) is 16.6. The first-order valence-corrected chi connectivity index (χ1v) is 10.0. The fourth-order valence-electron chi connectivity index (χ4n) is 3.41. The molecule has 8 nitrogen and oxygen atoms in total. The smallest absolute Gasteiger partial charge is 0.274 e. The van der Waals surface area contributed by atoms with Gasteiger partial charge in [0.15, 0.2) is 0 Å². The van der Waals surface area contributed by atoms with Crippen LogP contribution in [-0.2, 0) is 4.79 Å². The molecule has 158 valence electrons. The third-order valence-electron chi connectivity index (χ3n) is 5.16. The van der Waals surface area contributed by atoms with Crippen molar-refractivity contribution in [3.05, 3.63) is 68.7 Å². The lowest BCUT2D eigenvalue weighted by Gasteiger charge is -2.34. The SMILES string of the molecule is Cc1c(NC(=O)CCN2CCN(C(=O)c3cccc(Cl)c3)CC2)cccc1[N+](=O)[O-]. The van der Waals surface area contributed by atoms with E-state index in [-0.39, 0.29) is 23.9 Å². The van der Waals surface area contributed by atoms with Gasteiger partial charge in [-0.1, -0.05) is 23.7 Å². The summed E-state index contributed by atoms with van der Waals surface area (Å²) in [6.07, 6.45) is 0.268. The van der Waals surface area contributed by atoms with E-state index in [1.54, 1.807) is 48.2 Å². The predicted molar refractivity (Wildman–Crippen MR) is 115 cm³/mol. The summed E-state index contributed by atoms with van der Waals surface area (Å²) in [5, 5.41) is 14.3. The van der Waals surface area contributed by atoms with Gasteiger partial charge in [-0.2, -0.15) is 0 Å². The van der Waals surface area contributed by atoms with Gasteiger partial charge in [0.05, 0.1) is 16.2 Å². The number of amides is 2. The molecular weight excluding hydrogens is 408 g/mol. The summed E-state index contributed by atoms with van der Waals surface area (Å²) < 4.78 is 0. The fourth-order valence-corrected chi connectivity index (χ4v) is 3.60. The van der Waals surface area contributed by atoms with E-state index in [0.717, 1.165) is 0 Å². The van der Waals surface area contributed by atoms with Crippen LogP contribution in [0.25, 0.3) is 0 Å². The number of piperazine rings is 1. The molecule has 0 aromatic heterocycles. The summed E-state index contributed by atoms with van der Waals surface area (Å²) in [6.45, 7) is 4.68. The summed E-state index contributed by atoms with van der Waals surface area (Å²) in [7, 11) is 0. The Kier molecular flexibility index (Phi) is 7.02. The van der Waals surface area contributed by atoms with Crippen molar-refractivity contribution in [2.75, 3.05) is 38.0 Å². The maximum atomic E-state index is 12.6. The van der Waals surface area contributed by atoms with Crippen LogP contribution in [0.5, 0.6) is 0 Å². The molecular formula is C21H23ClN4O4. The van der Waals surface area contributed by atoms with Crippen LogP contribution >= 0.6 is 11.6 Å². The van der Waals surface area contributed by atoms with Gasteiger partial charge in [-0.25, -0.2) is 0 Å². The molecule has 1 aliphatic rings. The van der Waals surface area contributed by atoms with Crippen molar-refractivity contribution in [1.29, 1.82) is 0 Å². The number of nitrogens with zero attached hydrogens (tertiary/aromatic N) is 3. The summed E-state index contributed by atoms with van der Waals surface area (Å²) >= 11 is 5.96. The van der Waals surface area contributed by atoms with Gasteiger partial charge < -0.3 is 10.2 Å². The Morgan fingerprint density at radius 3 is 2.50 bits per heavy atom. The van der Waals surface area contributed by atoms with Crippen molar-refractivity contribution in [1.82, 2.24) is 9.80 Å². The number of hydrogen-bond acceptors (Lipinski definition) is 5. The van der Waals surface area contributed by atoms with Crippen LogP contribution in [0.15, 0.2) is 42.5 Å². The number of nitro benzene ring substituents is 1. The van der Waals surface area contributed by atoms with Crippen molar-refractivity contribution < 1.29 is 14.5 Å². The fraction of sp³-hybridized carbons (Fsp3) is 0.333. The Labute approximate surface area is 179 Å². The van der Waals surface area contributed by atoms with E-state index in [9.17, 15) is 19.7 Å². The highest BCUT2D eigenvalue weighted by Gasteiger charge is 2.23. The number of anilines is 1. The largest absolute Gasteiger partial charge is 0.336 e. The topological polar surface area (TPSA) is 95.8 Å². The lowest BCUT2D eigenvalue weighted by Crippen LogP contribution is -2.49. The van der Waals surface area contributed by atoms with E-state index < -0.39 is 4.92 Å². The van der Waals surface area contributed by atoms with Crippen molar-refractivity contribution in [3.63, 3.8) is 0 Å². The first kappa shape index (κ1) is 21.7. The Hall–Kier alpha value is -2.97. The quantitative estimate of drug-likeness (QED) is 0.560. The van der Waals surface area contributed by atoms with Gasteiger partial charge in [-0.15, -0.1) is 0 Å². The number of carbonyl (C=O) groups is 2. The van der Waals surface area contributed by atoms with E-state index in [0.29, 0.717) is 54.6 Å². The van der Waals surface area contributed by atoms with E-state index in [2.05, 4.69) is 10.2 Å². The minimum absolute atomic E-state index is 0.0201. The molecule has 2 aromatic rings. The molecule has 1 aliphatic heterocycles. The first-order chi connectivity index (χ1) is 14.3. The Balaban J connectivity index is 1.47. The molecule has 1 heterocycles. The van der Waals surface area contributed by atoms with Gasteiger partial charge in [0.2, 0.25) is 5.91 Å². The van der Waals surface area contributed by atoms with Gasteiger partial charge in [0.25, 0.3) is 11.6 Å². The Morgan fingerprint density at radius 1 is 1.13 bits per heavy atom. The highest BCUT2D eigenvalue weighted by atomic mass is 35.5. The monoisotopic (exact) mass is 430 g/mol. The van der Waals surface area contributed by atoms with Crippen molar-refractivity contribution >= 4 is 34.8 Å². The molecule has 0 aliphatic carbocycles. The van der Waals surface area contributed by atoms with Crippen LogP contribution in [-0.4, -0.2) is 59.3 Å². The Bertz CT molecular complexity index is 958. The van der Waals surface area contributed by atoms with Crippen LogP contribution in [0.3, 0.4) is 0 Å². The number of benzene rings is 2. The molecule has 0 saturated carbocycles. The lowest BCUT2D eigenvalue weighted by atomic mass is 10.1. The lowest BCUT2D eigenvalue weighted by molar-refractivity contribution is -0.385. The van der Waals surface area contributed by atoms with Gasteiger partial charge in [-0.05, 0) is 31.2 Å². The second-order valence-electron chi connectivity index (χ2n) is 7.15. The maximum Gasteiger partial charge on any atom is 0.274 e. The van der Waals surface area contributed by atoms with E-state index >= 15 is 0 Å². The number of nitrogens with one attached hydrogen (secondary N) is 1. The van der Waals surface area contributed by atoms with E-state index in [4.69, 9.17) is 11.6 Å². The normalized spacial score (nSPS) is 14.4. The predicted octanol–water partition coefficient (Wildman–Crippen LogP) is 3.34. The highest BCUT2D eigenvalue weighted by Crippen LogP contribution is 2.25. The molecule has 0 bridgehead atoms. The van der Waals surface area contributed by atoms with Crippen LogP contribution < -0.4 is 5.32 Å². The molecule has 0 spiro atoms. The number of carbonyl (C=O) groups excluding carboxylic acids is 2. The van der Waals surface area contributed by atoms with Gasteiger partial charge in [-0.3, -0.25) is 24.6 Å². The maximum absolute atomic E-state index is 12.6. The number of hydrogen-bond donors (Lipinski definition) is 1. The van der Waals surface area contributed by atoms with Crippen molar-refractivity contribution in [2.45, 2.75) is 13.3 Å². The number of halogens is 1. The minimum Gasteiger partial charge on any atom is -0.336 e. The highest BCUT2D eigenvalue weighted by molar-refractivity contribution is 6.30.